The first-order valence-corrected chi connectivity index (χ1v) is 5.69. The second-order valence-electron chi connectivity index (χ2n) is 4.46. The molecule has 0 saturated heterocycles. The van der Waals surface area contributed by atoms with E-state index in [4.69, 9.17) is 11.6 Å². The van der Waals surface area contributed by atoms with E-state index in [9.17, 15) is 19.4 Å². The number of carbonyl (C=O) groups is 1. The number of aliphatic carboxylic acids is 1. The fourth-order valence-electron chi connectivity index (χ4n) is 2.23. The standard InChI is InChI=1S/C12H12ClFO3/c1-6-5-7(9(14)10(15)8(6)13)12(11(16)17)3-2-4-12/h5,15H,2-4H2,1H3,(H,16,17). The Balaban J connectivity index is 2.64. The third-order valence-corrected chi connectivity index (χ3v) is 3.97. The highest BCUT2D eigenvalue weighted by Crippen LogP contribution is 2.47. The van der Waals surface area contributed by atoms with Gasteiger partial charge in [-0.1, -0.05) is 24.1 Å². The van der Waals surface area contributed by atoms with Gasteiger partial charge in [-0.25, -0.2) is 4.39 Å². The molecule has 0 amide bonds. The van der Waals surface area contributed by atoms with Crippen LogP contribution in [0.5, 0.6) is 5.75 Å². The van der Waals surface area contributed by atoms with Crippen LogP contribution in [-0.4, -0.2) is 16.2 Å². The third-order valence-electron chi connectivity index (χ3n) is 3.49. The highest BCUT2D eigenvalue weighted by molar-refractivity contribution is 6.32. The summed E-state index contributed by atoms with van der Waals surface area (Å²) in [5.41, 5.74) is -0.680. The van der Waals surface area contributed by atoms with Crippen LogP contribution in [0.4, 0.5) is 4.39 Å². The summed E-state index contributed by atoms with van der Waals surface area (Å²) in [5.74, 6) is -2.62. The molecule has 3 nitrogen and oxygen atoms in total. The van der Waals surface area contributed by atoms with Crippen LogP contribution in [0.3, 0.4) is 0 Å². The molecule has 0 radical (unpaired) electrons. The van der Waals surface area contributed by atoms with Crippen LogP contribution in [-0.2, 0) is 10.2 Å². The average molecular weight is 259 g/mol. The third kappa shape index (κ3) is 1.59. The SMILES string of the molecule is Cc1cc(C2(C(=O)O)CCC2)c(F)c(O)c1Cl. The summed E-state index contributed by atoms with van der Waals surface area (Å²) >= 11 is 5.71. The largest absolute Gasteiger partial charge is 0.504 e. The Bertz CT molecular complexity index is 495. The van der Waals surface area contributed by atoms with Gasteiger partial charge in [-0.3, -0.25) is 4.79 Å². The van der Waals surface area contributed by atoms with Gasteiger partial charge in [-0.05, 0) is 25.3 Å². The quantitative estimate of drug-likeness (QED) is 0.857. The van der Waals surface area contributed by atoms with Gasteiger partial charge in [0.05, 0.1) is 10.4 Å². The van der Waals surface area contributed by atoms with E-state index in [1.807, 2.05) is 0 Å². The zero-order chi connectivity index (χ0) is 12.8. The topological polar surface area (TPSA) is 57.5 Å². The zero-order valence-electron chi connectivity index (χ0n) is 9.26. The molecule has 0 spiro atoms. The van der Waals surface area contributed by atoms with Gasteiger partial charge in [-0.15, -0.1) is 0 Å². The summed E-state index contributed by atoms with van der Waals surface area (Å²) in [7, 11) is 0. The number of rotatable bonds is 2. The maximum atomic E-state index is 13.9. The molecule has 1 fully saturated rings. The van der Waals surface area contributed by atoms with Crippen molar-refractivity contribution < 1.29 is 19.4 Å². The van der Waals surface area contributed by atoms with Crippen molar-refractivity contribution in [1.82, 2.24) is 0 Å². The van der Waals surface area contributed by atoms with Crippen molar-refractivity contribution in [3.05, 3.63) is 28.0 Å². The van der Waals surface area contributed by atoms with Gasteiger partial charge in [0.25, 0.3) is 0 Å². The van der Waals surface area contributed by atoms with Crippen molar-refractivity contribution in [2.24, 2.45) is 0 Å². The number of aromatic hydroxyl groups is 1. The van der Waals surface area contributed by atoms with Crippen molar-refractivity contribution in [3.63, 3.8) is 0 Å². The molecule has 1 aliphatic rings. The molecule has 0 aromatic heterocycles. The van der Waals surface area contributed by atoms with Crippen molar-refractivity contribution in [3.8, 4) is 5.75 Å². The number of hydrogen-bond acceptors (Lipinski definition) is 2. The van der Waals surface area contributed by atoms with Crippen LogP contribution in [0, 0.1) is 12.7 Å². The Morgan fingerprint density at radius 1 is 1.53 bits per heavy atom. The minimum atomic E-state index is -1.20. The van der Waals surface area contributed by atoms with E-state index in [2.05, 4.69) is 0 Å². The van der Waals surface area contributed by atoms with E-state index in [0.29, 0.717) is 18.4 Å². The summed E-state index contributed by atoms with van der Waals surface area (Å²) in [4.78, 5) is 11.3. The van der Waals surface area contributed by atoms with Crippen LogP contribution in [0.1, 0.15) is 30.4 Å². The van der Waals surface area contributed by atoms with E-state index < -0.39 is 23.0 Å². The highest BCUT2D eigenvalue weighted by Gasteiger charge is 2.48. The van der Waals surface area contributed by atoms with Crippen molar-refractivity contribution >= 4 is 17.6 Å². The maximum absolute atomic E-state index is 13.9. The molecular formula is C12H12ClFO3. The summed E-state index contributed by atoms with van der Waals surface area (Å²) in [6.45, 7) is 1.61. The lowest BCUT2D eigenvalue weighted by molar-refractivity contribution is -0.147. The van der Waals surface area contributed by atoms with Crippen LogP contribution < -0.4 is 0 Å². The lowest BCUT2D eigenvalue weighted by atomic mass is 9.64. The summed E-state index contributed by atoms with van der Waals surface area (Å²) in [6.07, 6.45) is 1.52. The molecule has 2 rings (SSSR count). The summed E-state index contributed by atoms with van der Waals surface area (Å²) in [5, 5.41) is 18.7. The Morgan fingerprint density at radius 3 is 2.53 bits per heavy atom. The van der Waals surface area contributed by atoms with Gasteiger partial charge in [0.15, 0.2) is 11.6 Å². The molecule has 17 heavy (non-hydrogen) atoms. The van der Waals surface area contributed by atoms with E-state index >= 15 is 0 Å². The van der Waals surface area contributed by atoms with Gasteiger partial charge in [0, 0.05) is 5.56 Å². The molecule has 2 N–H and O–H groups in total. The maximum Gasteiger partial charge on any atom is 0.314 e. The fraction of sp³-hybridized carbons (Fsp3) is 0.417. The summed E-state index contributed by atoms with van der Waals surface area (Å²) in [6, 6.07) is 1.42. The van der Waals surface area contributed by atoms with Crippen LogP contribution >= 0.6 is 11.6 Å². The highest BCUT2D eigenvalue weighted by atomic mass is 35.5. The van der Waals surface area contributed by atoms with Gasteiger partial charge in [0.1, 0.15) is 0 Å². The molecule has 5 heteroatoms. The van der Waals surface area contributed by atoms with Crippen LogP contribution in [0.15, 0.2) is 6.07 Å². The van der Waals surface area contributed by atoms with Crippen LogP contribution in [0.25, 0.3) is 0 Å². The molecule has 1 aliphatic carbocycles. The van der Waals surface area contributed by atoms with E-state index in [0.717, 1.165) is 6.42 Å². The molecular weight excluding hydrogens is 247 g/mol. The van der Waals surface area contributed by atoms with E-state index in [1.165, 1.54) is 6.07 Å². The predicted octanol–water partition coefficient (Wildman–Crippen LogP) is 3.00. The van der Waals surface area contributed by atoms with Gasteiger partial charge < -0.3 is 10.2 Å². The van der Waals surface area contributed by atoms with Gasteiger partial charge >= 0.3 is 5.97 Å². The number of halogens is 2. The molecule has 0 unspecified atom stereocenters. The Hall–Kier alpha value is -1.29. The average Bonchev–Trinajstić information content (AvgIpc) is 2.20. The molecule has 0 atom stereocenters. The number of carboxylic acids is 1. The number of phenolic OH excluding ortho intramolecular Hbond substituents is 1. The van der Waals surface area contributed by atoms with Crippen LogP contribution in [0.2, 0.25) is 5.02 Å². The molecule has 92 valence electrons. The lowest BCUT2D eigenvalue weighted by Crippen LogP contribution is -2.43. The lowest BCUT2D eigenvalue weighted by Gasteiger charge is -2.38. The zero-order valence-corrected chi connectivity index (χ0v) is 10.0. The molecule has 1 saturated carbocycles. The van der Waals surface area contributed by atoms with Crippen molar-refractivity contribution in [2.75, 3.05) is 0 Å². The summed E-state index contributed by atoms with van der Waals surface area (Å²) < 4.78 is 13.9. The number of benzene rings is 1. The number of phenols is 1. The van der Waals surface area contributed by atoms with E-state index in [-0.39, 0.29) is 10.6 Å². The van der Waals surface area contributed by atoms with Gasteiger partial charge in [0.2, 0.25) is 0 Å². The minimum Gasteiger partial charge on any atom is -0.504 e. The Labute approximate surface area is 103 Å². The van der Waals surface area contributed by atoms with Crippen molar-refractivity contribution in [1.29, 1.82) is 0 Å². The molecule has 0 aliphatic heterocycles. The molecule has 0 bridgehead atoms. The Kier molecular flexibility index (Phi) is 2.78. The molecule has 1 aromatic carbocycles. The normalized spacial score (nSPS) is 17.6. The Morgan fingerprint density at radius 2 is 2.12 bits per heavy atom. The first kappa shape index (κ1) is 12.2. The number of aryl methyl sites for hydroxylation is 1. The van der Waals surface area contributed by atoms with Gasteiger partial charge in [-0.2, -0.15) is 0 Å². The number of carboxylic acid groups (broad SMARTS) is 1. The smallest absolute Gasteiger partial charge is 0.314 e. The first-order chi connectivity index (χ1) is 7.90. The second-order valence-corrected chi connectivity index (χ2v) is 4.84. The second kappa shape index (κ2) is 3.88. The number of hydrogen-bond donors (Lipinski definition) is 2. The molecule has 0 heterocycles. The monoisotopic (exact) mass is 258 g/mol. The van der Waals surface area contributed by atoms with E-state index in [1.54, 1.807) is 6.92 Å². The first-order valence-electron chi connectivity index (χ1n) is 5.31. The molecule has 1 aromatic rings. The van der Waals surface area contributed by atoms with Crippen molar-refractivity contribution in [2.45, 2.75) is 31.6 Å². The fourth-order valence-corrected chi connectivity index (χ4v) is 2.37. The predicted molar refractivity (Wildman–Crippen MR) is 61.0 cm³/mol. The minimum absolute atomic E-state index is 0.0376.